The SMILES string of the molecule is CCCCc1ncc(C=C(Cc2cccs2)C(=O)O)n1Cc1ccc(C(N)=O)cc1. The first-order valence-corrected chi connectivity index (χ1v) is 10.7. The quantitative estimate of drug-likeness (QED) is 0.479. The number of rotatable bonds is 10. The zero-order chi connectivity index (χ0) is 21.5. The Morgan fingerprint density at radius 1 is 1.23 bits per heavy atom. The van der Waals surface area contributed by atoms with E-state index in [9.17, 15) is 14.7 Å². The Kier molecular flexibility index (Phi) is 7.19. The highest BCUT2D eigenvalue weighted by molar-refractivity contribution is 7.09. The fraction of sp³-hybridized carbons (Fsp3) is 0.261. The predicted molar refractivity (Wildman–Crippen MR) is 119 cm³/mol. The van der Waals surface area contributed by atoms with Crippen LogP contribution in [0.2, 0.25) is 0 Å². The van der Waals surface area contributed by atoms with Crippen molar-refractivity contribution in [2.24, 2.45) is 5.73 Å². The highest BCUT2D eigenvalue weighted by Crippen LogP contribution is 2.20. The van der Waals surface area contributed by atoms with Gasteiger partial charge in [0, 0.05) is 35.4 Å². The van der Waals surface area contributed by atoms with Gasteiger partial charge in [0.2, 0.25) is 5.91 Å². The first-order valence-electron chi connectivity index (χ1n) is 9.87. The largest absolute Gasteiger partial charge is 0.478 e. The summed E-state index contributed by atoms with van der Waals surface area (Å²) < 4.78 is 2.05. The number of aryl methyl sites for hydroxylation is 1. The van der Waals surface area contributed by atoms with E-state index >= 15 is 0 Å². The molecule has 6 nitrogen and oxygen atoms in total. The molecule has 3 N–H and O–H groups in total. The third kappa shape index (κ3) is 5.45. The van der Waals surface area contributed by atoms with E-state index in [0.717, 1.165) is 41.2 Å². The number of aliphatic carboxylic acids is 1. The van der Waals surface area contributed by atoms with E-state index in [1.54, 1.807) is 35.7 Å². The highest BCUT2D eigenvalue weighted by atomic mass is 32.1. The van der Waals surface area contributed by atoms with Crippen LogP contribution in [0.5, 0.6) is 0 Å². The van der Waals surface area contributed by atoms with Gasteiger partial charge < -0.3 is 15.4 Å². The van der Waals surface area contributed by atoms with Gasteiger partial charge in [-0.2, -0.15) is 0 Å². The number of nitrogens with zero attached hydrogens (tertiary/aromatic N) is 2. The molecule has 0 saturated heterocycles. The second-order valence-electron chi connectivity index (χ2n) is 7.08. The van der Waals surface area contributed by atoms with Crippen LogP contribution >= 0.6 is 11.3 Å². The lowest BCUT2D eigenvalue weighted by atomic mass is 10.1. The van der Waals surface area contributed by atoms with Crippen molar-refractivity contribution in [1.82, 2.24) is 9.55 Å². The van der Waals surface area contributed by atoms with E-state index < -0.39 is 11.9 Å². The van der Waals surface area contributed by atoms with Crippen molar-refractivity contribution < 1.29 is 14.7 Å². The maximum Gasteiger partial charge on any atom is 0.332 e. The van der Waals surface area contributed by atoms with E-state index in [1.807, 2.05) is 34.2 Å². The van der Waals surface area contributed by atoms with Gasteiger partial charge in [-0.1, -0.05) is 31.5 Å². The lowest BCUT2D eigenvalue weighted by molar-refractivity contribution is -0.132. The second kappa shape index (κ2) is 10.0. The first kappa shape index (κ1) is 21.5. The highest BCUT2D eigenvalue weighted by Gasteiger charge is 2.14. The monoisotopic (exact) mass is 423 g/mol. The number of primary amides is 1. The van der Waals surface area contributed by atoms with Gasteiger partial charge in [-0.25, -0.2) is 9.78 Å². The Labute approximate surface area is 179 Å². The minimum atomic E-state index is -0.933. The van der Waals surface area contributed by atoms with Crippen molar-refractivity contribution in [3.05, 3.63) is 81.1 Å². The number of thiophene rings is 1. The molecule has 2 aromatic heterocycles. The summed E-state index contributed by atoms with van der Waals surface area (Å²) in [7, 11) is 0. The van der Waals surface area contributed by atoms with Crippen LogP contribution in [0.4, 0.5) is 0 Å². The normalized spacial score (nSPS) is 11.6. The number of unbranched alkanes of at least 4 members (excludes halogenated alkanes) is 1. The fourth-order valence-electron chi connectivity index (χ4n) is 3.19. The molecule has 0 saturated carbocycles. The maximum absolute atomic E-state index is 11.8. The molecule has 3 aromatic rings. The van der Waals surface area contributed by atoms with Crippen LogP contribution in [0, 0.1) is 0 Å². The molecular formula is C23H25N3O3S. The molecule has 0 unspecified atom stereocenters. The van der Waals surface area contributed by atoms with Gasteiger partial charge in [0.15, 0.2) is 0 Å². The average Bonchev–Trinajstić information content (AvgIpc) is 3.37. The van der Waals surface area contributed by atoms with Gasteiger partial charge >= 0.3 is 5.97 Å². The van der Waals surface area contributed by atoms with Crippen molar-refractivity contribution in [2.45, 2.75) is 39.2 Å². The van der Waals surface area contributed by atoms with Crippen molar-refractivity contribution in [2.75, 3.05) is 0 Å². The topological polar surface area (TPSA) is 98.2 Å². The molecule has 0 bridgehead atoms. The van der Waals surface area contributed by atoms with E-state index in [0.29, 0.717) is 24.1 Å². The Morgan fingerprint density at radius 3 is 2.60 bits per heavy atom. The van der Waals surface area contributed by atoms with Crippen molar-refractivity contribution in [3.63, 3.8) is 0 Å². The Bertz CT molecular complexity index is 1030. The van der Waals surface area contributed by atoms with E-state index in [-0.39, 0.29) is 0 Å². The minimum Gasteiger partial charge on any atom is -0.478 e. The molecule has 0 radical (unpaired) electrons. The van der Waals surface area contributed by atoms with Crippen LogP contribution in [-0.4, -0.2) is 26.5 Å². The number of carbonyl (C=O) groups is 2. The number of hydrogen-bond acceptors (Lipinski definition) is 4. The standard InChI is InChI=1S/C23H25N3O3S/c1-2-3-6-21-25-14-19(12-18(23(28)29)13-20-5-4-11-30-20)26(21)15-16-7-9-17(10-8-16)22(24)27/h4-5,7-12,14H,2-3,6,13,15H2,1H3,(H2,24,27)(H,28,29). The summed E-state index contributed by atoms with van der Waals surface area (Å²) in [5.74, 6) is -0.476. The van der Waals surface area contributed by atoms with Gasteiger partial charge in [-0.05, 0) is 41.6 Å². The molecule has 0 aliphatic rings. The summed E-state index contributed by atoms with van der Waals surface area (Å²) >= 11 is 1.54. The summed E-state index contributed by atoms with van der Waals surface area (Å²) in [4.78, 5) is 28.7. The van der Waals surface area contributed by atoms with Crippen LogP contribution in [0.25, 0.3) is 6.08 Å². The zero-order valence-electron chi connectivity index (χ0n) is 16.9. The molecule has 7 heteroatoms. The molecule has 0 spiro atoms. The summed E-state index contributed by atoms with van der Waals surface area (Å²) in [6.45, 7) is 2.66. The van der Waals surface area contributed by atoms with Crippen LogP contribution in [0.3, 0.4) is 0 Å². The van der Waals surface area contributed by atoms with Crippen LogP contribution in [-0.2, 0) is 24.2 Å². The van der Waals surface area contributed by atoms with Gasteiger partial charge in [0.1, 0.15) is 5.82 Å². The molecule has 0 aliphatic carbocycles. The number of benzene rings is 1. The lowest BCUT2D eigenvalue weighted by Gasteiger charge is -2.12. The minimum absolute atomic E-state index is 0.324. The molecule has 0 fully saturated rings. The van der Waals surface area contributed by atoms with Crippen molar-refractivity contribution >= 4 is 29.3 Å². The number of amides is 1. The number of imidazole rings is 1. The smallest absolute Gasteiger partial charge is 0.332 e. The number of aromatic nitrogens is 2. The number of nitrogens with two attached hydrogens (primary N) is 1. The van der Waals surface area contributed by atoms with E-state index in [2.05, 4.69) is 11.9 Å². The third-order valence-corrected chi connectivity index (χ3v) is 5.72. The molecule has 30 heavy (non-hydrogen) atoms. The molecular weight excluding hydrogens is 398 g/mol. The maximum atomic E-state index is 11.8. The molecule has 0 aliphatic heterocycles. The number of carboxylic acid groups (broad SMARTS) is 1. The summed E-state index contributed by atoms with van der Waals surface area (Å²) in [6.07, 6.45) is 6.68. The van der Waals surface area contributed by atoms with Gasteiger partial charge in [0.25, 0.3) is 0 Å². The Morgan fingerprint density at radius 2 is 2.00 bits per heavy atom. The molecule has 3 rings (SSSR count). The van der Waals surface area contributed by atoms with E-state index in [4.69, 9.17) is 5.73 Å². The molecule has 1 aromatic carbocycles. The van der Waals surface area contributed by atoms with E-state index in [1.165, 1.54) is 0 Å². The number of carbonyl (C=O) groups excluding carboxylic acids is 1. The average molecular weight is 424 g/mol. The number of hydrogen-bond donors (Lipinski definition) is 2. The van der Waals surface area contributed by atoms with Crippen molar-refractivity contribution in [1.29, 1.82) is 0 Å². The zero-order valence-corrected chi connectivity index (χ0v) is 17.7. The van der Waals surface area contributed by atoms with Crippen LogP contribution in [0.15, 0.2) is 53.5 Å². The molecule has 0 atom stereocenters. The summed E-state index contributed by atoms with van der Waals surface area (Å²) in [5.41, 5.74) is 7.85. The lowest BCUT2D eigenvalue weighted by Crippen LogP contribution is -2.12. The number of carboxylic acids is 1. The fourth-order valence-corrected chi connectivity index (χ4v) is 3.91. The Balaban J connectivity index is 1.94. The van der Waals surface area contributed by atoms with Crippen LogP contribution < -0.4 is 5.73 Å². The van der Waals surface area contributed by atoms with Crippen molar-refractivity contribution in [3.8, 4) is 0 Å². The van der Waals surface area contributed by atoms with Crippen LogP contribution in [0.1, 0.15) is 52.1 Å². The molecule has 2 heterocycles. The summed E-state index contributed by atoms with van der Waals surface area (Å²) in [5, 5.41) is 11.6. The predicted octanol–water partition coefficient (Wildman–Crippen LogP) is 4.15. The Hall–Kier alpha value is -3.19. The van der Waals surface area contributed by atoms with Gasteiger partial charge in [-0.3, -0.25) is 4.79 Å². The first-order chi connectivity index (χ1) is 14.5. The molecule has 1 amide bonds. The summed E-state index contributed by atoms with van der Waals surface area (Å²) in [6, 6.07) is 11.0. The van der Waals surface area contributed by atoms with Gasteiger partial charge in [0.05, 0.1) is 11.9 Å². The van der Waals surface area contributed by atoms with Gasteiger partial charge in [-0.15, -0.1) is 11.3 Å². The third-order valence-electron chi connectivity index (χ3n) is 4.84. The molecule has 156 valence electrons. The second-order valence-corrected chi connectivity index (χ2v) is 8.11.